The standard InChI is InChI=1S/C18H23N3O/c1-4-5-10-19-16-8-9-17(20-12-16)18(22)21-15-7-6-13(2)14(3)11-15/h6-9,11-12,19H,4-5,10H2,1-3H3,(H,21,22). The van der Waals surface area contributed by atoms with Gasteiger partial charge in [-0.1, -0.05) is 19.4 Å². The molecule has 0 unspecified atom stereocenters. The second-order valence-corrected chi connectivity index (χ2v) is 5.47. The molecule has 2 rings (SSSR count). The largest absolute Gasteiger partial charge is 0.384 e. The molecule has 0 radical (unpaired) electrons. The first kappa shape index (κ1) is 16.0. The Labute approximate surface area is 132 Å². The van der Waals surface area contributed by atoms with E-state index < -0.39 is 0 Å². The van der Waals surface area contributed by atoms with Crippen molar-refractivity contribution in [3.05, 3.63) is 53.3 Å². The molecule has 116 valence electrons. The zero-order chi connectivity index (χ0) is 15.9. The van der Waals surface area contributed by atoms with Crippen molar-refractivity contribution in [1.82, 2.24) is 4.98 Å². The molecule has 0 aliphatic heterocycles. The maximum absolute atomic E-state index is 12.2. The monoisotopic (exact) mass is 297 g/mol. The van der Waals surface area contributed by atoms with Crippen molar-refractivity contribution in [1.29, 1.82) is 0 Å². The van der Waals surface area contributed by atoms with E-state index in [2.05, 4.69) is 22.5 Å². The highest BCUT2D eigenvalue weighted by Gasteiger charge is 2.08. The van der Waals surface area contributed by atoms with Gasteiger partial charge in [0, 0.05) is 12.2 Å². The zero-order valence-electron chi connectivity index (χ0n) is 13.4. The Bertz CT molecular complexity index is 635. The Morgan fingerprint density at radius 2 is 1.86 bits per heavy atom. The Balaban J connectivity index is 1.98. The van der Waals surface area contributed by atoms with Crippen molar-refractivity contribution in [2.24, 2.45) is 0 Å². The number of carbonyl (C=O) groups excluding carboxylic acids is 1. The second-order valence-electron chi connectivity index (χ2n) is 5.47. The number of amides is 1. The van der Waals surface area contributed by atoms with Crippen LogP contribution >= 0.6 is 0 Å². The van der Waals surface area contributed by atoms with E-state index in [1.165, 1.54) is 5.56 Å². The van der Waals surface area contributed by atoms with E-state index in [-0.39, 0.29) is 5.91 Å². The summed E-state index contributed by atoms with van der Waals surface area (Å²) >= 11 is 0. The number of unbranched alkanes of at least 4 members (excludes halogenated alkanes) is 1. The van der Waals surface area contributed by atoms with Crippen LogP contribution in [0.2, 0.25) is 0 Å². The van der Waals surface area contributed by atoms with E-state index >= 15 is 0 Å². The lowest BCUT2D eigenvalue weighted by Crippen LogP contribution is -2.14. The van der Waals surface area contributed by atoms with Crippen LogP contribution in [0.25, 0.3) is 0 Å². The van der Waals surface area contributed by atoms with Crippen molar-refractivity contribution < 1.29 is 4.79 Å². The summed E-state index contributed by atoms with van der Waals surface area (Å²) in [7, 11) is 0. The average Bonchev–Trinajstić information content (AvgIpc) is 2.52. The SMILES string of the molecule is CCCCNc1ccc(C(=O)Nc2ccc(C)c(C)c2)nc1. The van der Waals surface area contributed by atoms with Gasteiger partial charge >= 0.3 is 0 Å². The van der Waals surface area contributed by atoms with Gasteiger partial charge in [0.2, 0.25) is 0 Å². The van der Waals surface area contributed by atoms with Gasteiger partial charge in [-0.3, -0.25) is 4.79 Å². The summed E-state index contributed by atoms with van der Waals surface area (Å²) in [5.74, 6) is -0.191. The highest BCUT2D eigenvalue weighted by atomic mass is 16.1. The Morgan fingerprint density at radius 3 is 2.50 bits per heavy atom. The molecule has 0 saturated carbocycles. The fourth-order valence-corrected chi connectivity index (χ4v) is 2.06. The third-order valence-electron chi connectivity index (χ3n) is 3.62. The number of hydrogen-bond acceptors (Lipinski definition) is 3. The molecule has 0 spiro atoms. The quantitative estimate of drug-likeness (QED) is 0.787. The van der Waals surface area contributed by atoms with E-state index in [1.54, 1.807) is 12.3 Å². The molecule has 0 fully saturated rings. The van der Waals surface area contributed by atoms with Crippen LogP contribution in [0.1, 0.15) is 41.4 Å². The van der Waals surface area contributed by atoms with Gasteiger partial charge in [-0.15, -0.1) is 0 Å². The molecular weight excluding hydrogens is 274 g/mol. The van der Waals surface area contributed by atoms with Crippen LogP contribution in [0.5, 0.6) is 0 Å². The smallest absolute Gasteiger partial charge is 0.274 e. The van der Waals surface area contributed by atoms with E-state index in [1.807, 2.05) is 38.1 Å². The van der Waals surface area contributed by atoms with Crippen molar-refractivity contribution >= 4 is 17.3 Å². The fourth-order valence-electron chi connectivity index (χ4n) is 2.06. The number of aromatic nitrogens is 1. The minimum Gasteiger partial charge on any atom is -0.384 e. The average molecular weight is 297 g/mol. The molecule has 1 aromatic carbocycles. The van der Waals surface area contributed by atoms with Gasteiger partial charge in [0.05, 0.1) is 11.9 Å². The number of anilines is 2. The molecule has 4 nitrogen and oxygen atoms in total. The number of rotatable bonds is 6. The number of hydrogen-bond donors (Lipinski definition) is 2. The van der Waals surface area contributed by atoms with Crippen LogP contribution in [0.3, 0.4) is 0 Å². The number of pyridine rings is 1. The molecule has 0 atom stereocenters. The number of nitrogens with one attached hydrogen (secondary N) is 2. The molecule has 1 heterocycles. The normalized spacial score (nSPS) is 10.3. The maximum Gasteiger partial charge on any atom is 0.274 e. The molecular formula is C18H23N3O. The molecule has 2 aromatic rings. The predicted molar refractivity (Wildman–Crippen MR) is 91.5 cm³/mol. The Hall–Kier alpha value is -2.36. The third-order valence-corrected chi connectivity index (χ3v) is 3.62. The lowest BCUT2D eigenvalue weighted by atomic mass is 10.1. The van der Waals surface area contributed by atoms with Crippen LogP contribution in [-0.4, -0.2) is 17.4 Å². The molecule has 0 saturated heterocycles. The van der Waals surface area contributed by atoms with Gasteiger partial charge in [-0.2, -0.15) is 0 Å². The van der Waals surface area contributed by atoms with Crippen LogP contribution in [0.15, 0.2) is 36.5 Å². The van der Waals surface area contributed by atoms with Crippen molar-refractivity contribution in [3.8, 4) is 0 Å². The minimum atomic E-state index is -0.191. The van der Waals surface area contributed by atoms with Crippen LogP contribution in [-0.2, 0) is 0 Å². The Morgan fingerprint density at radius 1 is 1.09 bits per heavy atom. The van der Waals surface area contributed by atoms with E-state index in [9.17, 15) is 4.79 Å². The molecule has 22 heavy (non-hydrogen) atoms. The van der Waals surface area contributed by atoms with Crippen molar-refractivity contribution in [3.63, 3.8) is 0 Å². The summed E-state index contributed by atoms with van der Waals surface area (Å²) in [6.45, 7) is 7.15. The van der Waals surface area contributed by atoms with Crippen LogP contribution in [0, 0.1) is 13.8 Å². The molecule has 4 heteroatoms. The van der Waals surface area contributed by atoms with Crippen molar-refractivity contribution in [2.75, 3.05) is 17.2 Å². The van der Waals surface area contributed by atoms with Gasteiger partial charge in [0.15, 0.2) is 0 Å². The minimum absolute atomic E-state index is 0.191. The number of nitrogens with zero attached hydrogens (tertiary/aromatic N) is 1. The summed E-state index contributed by atoms with van der Waals surface area (Å²) in [5.41, 5.74) is 4.51. The zero-order valence-corrected chi connectivity index (χ0v) is 13.4. The summed E-state index contributed by atoms with van der Waals surface area (Å²) < 4.78 is 0. The van der Waals surface area contributed by atoms with E-state index in [0.29, 0.717) is 5.69 Å². The van der Waals surface area contributed by atoms with Crippen LogP contribution in [0.4, 0.5) is 11.4 Å². The first-order valence-electron chi connectivity index (χ1n) is 7.68. The van der Waals surface area contributed by atoms with Crippen molar-refractivity contribution in [2.45, 2.75) is 33.6 Å². The highest BCUT2D eigenvalue weighted by Crippen LogP contribution is 2.15. The summed E-state index contributed by atoms with van der Waals surface area (Å²) in [5, 5.41) is 6.16. The van der Waals surface area contributed by atoms with E-state index in [4.69, 9.17) is 0 Å². The van der Waals surface area contributed by atoms with E-state index in [0.717, 1.165) is 36.3 Å². The van der Waals surface area contributed by atoms with Gasteiger partial charge in [-0.05, 0) is 55.7 Å². The lowest BCUT2D eigenvalue weighted by Gasteiger charge is -2.08. The molecule has 2 N–H and O–H groups in total. The number of aryl methyl sites for hydroxylation is 2. The topological polar surface area (TPSA) is 54.0 Å². The molecule has 1 aromatic heterocycles. The molecule has 0 aliphatic rings. The van der Waals surface area contributed by atoms with Gasteiger partial charge < -0.3 is 10.6 Å². The maximum atomic E-state index is 12.2. The fraction of sp³-hybridized carbons (Fsp3) is 0.333. The Kier molecular flexibility index (Phi) is 5.53. The van der Waals surface area contributed by atoms with Crippen LogP contribution < -0.4 is 10.6 Å². The second kappa shape index (κ2) is 7.59. The predicted octanol–water partition coefficient (Wildman–Crippen LogP) is 4.16. The molecule has 1 amide bonds. The summed E-state index contributed by atoms with van der Waals surface area (Å²) in [6.07, 6.45) is 3.97. The van der Waals surface area contributed by atoms with Gasteiger partial charge in [0.1, 0.15) is 5.69 Å². The van der Waals surface area contributed by atoms with Gasteiger partial charge in [0.25, 0.3) is 5.91 Å². The highest BCUT2D eigenvalue weighted by molar-refractivity contribution is 6.03. The first-order chi connectivity index (χ1) is 10.6. The molecule has 0 bridgehead atoms. The number of benzene rings is 1. The third kappa shape index (κ3) is 4.32. The molecule has 0 aliphatic carbocycles. The number of carbonyl (C=O) groups is 1. The lowest BCUT2D eigenvalue weighted by molar-refractivity contribution is 0.102. The summed E-state index contributed by atoms with van der Waals surface area (Å²) in [4.78, 5) is 16.4. The first-order valence-corrected chi connectivity index (χ1v) is 7.68. The summed E-state index contributed by atoms with van der Waals surface area (Å²) in [6, 6.07) is 9.50. The van der Waals surface area contributed by atoms with Gasteiger partial charge in [-0.25, -0.2) is 4.98 Å².